The third-order valence-corrected chi connectivity index (χ3v) is 5.95. The number of benzene rings is 1. The highest BCUT2D eigenvalue weighted by molar-refractivity contribution is 5.87. The molecular formula is C23H30N2O4. The zero-order chi connectivity index (χ0) is 20.8. The first-order chi connectivity index (χ1) is 14.0. The van der Waals surface area contributed by atoms with Crippen molar-refractivity contribution in [3.8, 4) is 0 Å². The summed E-state index contributed by atoms with van der Waals surface area (Å²) < 4.78 is 0. The van der Waals surface area contributed by atoms with Crippen LogP contribution in [-0.2, 0) is 27.3 Å². The number of carboxylic acid groups (broad SMARTS) is 1. The van der Waals surface area contributed by atoms with Crippen LogP contribution in [0.4, 0.5) is 0 Å². The largest absolute Gasteiger partial charge is 0.481 e. The predicted molar refractivity (Wildman–Crippen MR) is 110 cm³/mol. The molecule has 1 heterocycles. The minimum Gasteiger partial charge on any atom is -0.481 e. The van der Waals surface area contributed by atoms with E-state index in [9.17, 15) is 14.4 Å². The number of hydrogen-bond donors (Lipinski definition) is 2. The zero-order valence-electron chi connectivity index (χ0n) is 16.8. The fourth-order valence-electron chi connectivity index (χ4n) is 4.06. The van der Waals surface area contributed by atoms with Crippen LogP contribution in [0.1, 0.15) is 56.1 Å². The van der Waals surface area contributed by atoms with Crippen LogP contribution >= 0.6 is 0 Å². The molecule has 1 aromatic rings. The van der Waals surface area contributed by atoms with Crippen LogP contribution in [0.25, 0.3) is 0 Å². The second kappa shape index (κ2) is 9.72. The average Bonchev–Trinajstić information content (AvgIpc) is 3.48. The van der Waals surface area contributed by atoms with E-state index in [4.69, 9.17) is 10.8 Å². The summed E-state index contributed by atoms with van der Waals surface area (Å²) in [5.74, 6) is -1.10. The minimum atomic E-state index is -0.694. The molecule has 3 N–H and O–H groups in total. The Hall–Kier alpha value is -2.63. The van der Waals surface area contributed by atoms with Crippen molar-refractivity contribution in [1.82, 2.24) is 4.90 Å². The van der Waals surface area contributed by atoms with Gasteiger partial charge in [-0.05, 0) is 42.7 Å². The lowest BCUT2D eigenvalue weighted by Gasteiger charge is -2.35. The van der Waals surface area contributed by atoms with Gasteiger partial charge >= 0.3 is 5.97 Å². The average molecular weight is 399 g/mol. The van der Waals surface area contributed by atoms with Crippen LogP contribution in [0, 0.1) is 11.8 Å². The Morgan fingerprint density at radius 1 is 1.10 bits per heavy atom. The predicted octanol–water partition coefficient (Wildman–Crippen LogP) is 3.04. The van der Waals surface area contributed by atoms with Gasteiger partial charge in [-0.25, -0.2) is 0 Å². The standard InChI is InChI=1S/C23H30N2O4/c24-22(27)20-14-16-9-7-8-11-18(16)15-25(20)21(26)12-6-4-2-1-3-5-10-17-13-19(17)23(28)29/h5,7-11,17,19-20H,1-4,6,12-15H2,(H2,24,27)(H,28,29)/b10-5-/t17-,19+,20?/m1/s1. The summed E-state index contributed by atoms with van der Waals surface area (Å²) in [7, 11) is 0. The number of nitrogens with two attached hydrogens (primary N) is 1. The number of allylic oxidation sites excluding steroid dienone is 2. The van der Waals surface area contributed by atoms with Crippen molar-refractivity contribution >= 4 is 17.8 Å². The van der Waals surface area contributed by atoms with E-state index in [1.54, 1.807) is 4.90 Å². The smallest absolute Gasteiger partial charge is 0.307 e. The molecule has 1 unspecified atom stereocenters. The molecule has 0 saturated heterocycles. The van der Waals surface area contributed by atoms with E-state index in [0.29, 0.717) is 19.4 Å². The van der Waals surface area contributed by atoms with Crippen LogP contribution in [0.2, 0.25) is 0 Å². The molecule has 1 saturated carbocycles. The molecule has 3 rings (SSSR count). The van der Waals surface area contributed by atoms with Gasteiger partial charge in [0, 0.05) is 19.4 Å². The Bertz CT molecular complexity index is 789. The second-order valence-corrected chi connectivity index (χ2v) is 8.14. The number of carbonyl (C=O) groups excluding carboxylic acids is 2. The topological polar surface area (TPSA) is 101 Å². The first-order valence-electron chi connectivity index (χ1n) is 10.5. The number of rotatable bonds is 10. The van der Waals surface area contributed by atoms with Crippen LogP contribution < -0.4 is 5.73 Å². The summed E-state index contributed by atoms with van der Waals surface area (Å²) in [6, 6.07) is 7.33. The van der Waals surface area contributed by atoms with Gasteiger partial charge < -0.3 is 15.7 Å². The number of amides is 2. The highest BCUT2D eigenvalue weighted by Gasteiger charge is 2.40. The van der Waals surface area contributed by atoms with Gasteiger partial charge in [0.1, 0.15) is 6.04 Å². The molecule has 6 heteroatoms. The third kappa shape index (κ3) is 5.68. The van der Waals surface area contributed by atoms with E-state index in [0.717, 1.165) is 49.7 Å². The number of carbonyl (C=O) groups is 3. The van der Waals surface area contributed by atoms with Gasteiger partial charge in [-0.15, -0.1) is 0 Å². The molecule has 0 radical (unpaired) electrons. The number of fused-ring (bicyclic) bond motifs is 1. The van der Waals surface area contributed by atoms with Gasteiger partial charge in [0.2, 0.25) is 11.8 Å². The first-order valence-corrected chi connectivity index (χ1v) is 10.5. The summed E-state index contributed by atoms with van der Waals surface area (Å²) >= 11 is 0. The highest BCUT2D eigenvalue weighted by Crippen LogP contribution is 2.39. The molecule has 0 aromatic heterocycles. The minimum absolute atomic E-state index is 0.00311. The molecule has 1 aliphatic heterocycles. The number of hydrogen-bond acceptors (Lipinski definition) is 3. The fraction of sp³-hybridized carbons (Fsp3) is 0.522. The number of carboxylic acids is 1. The van der Waals surface area contributed by atoms with Gasteiger partial charge in [0.25, 0.3) is 0 Å². The van der Waals surface area contributed by atoms with Gasteiger partial charge in [0.15, 0.2) is 0 Å². The summed E-state index contributed by atoms with van der Waals surface area (Å²) in [6.45, 7) is 0.450. The SMILES string of the molecule is NC(=O)C1Cc2ccccc2CN1C(=O)CCCCCC/C=C\[C@@H]1C[C@@H]1C(=O)O. The van der Waals surface area contributed by atoms with Crippen LogP contribution in [0.3, 0.4) is 0 Å². The molecule has 156 valence electrons. The zero-order valence-corrected chi connectivity index (χ0v) is 16.8. The van der Waals surface area contributed by atoms with Gasteiger partial charge in [0.05, 0.1) is 5.92 Å². The van der Waals surface area contributed by atoms with Gasteiger partial charge in [-0.2, -0.15) is 0 Å². The molecule has 2 aliphatic rings. The molecule has 1 fully saturated rings. The Kier molecular flexibility index (Phi) is 7.07. The van der Waals surface area contributed by atoms with Crippen LogP contribution in [-0.4, -0.2) is 33.8 Å². The normalized spacial score (nSPS) is 23.0. The molecule has 1 aliphatic carbocycles. The van der Waals surface area contributed by atoms with Gasteiger partial charge in [-0.1, -0.05) is 49.3 Å². The quantitative estimate of drug-likeness (QED) is 0.467. The number of primary amides is 1. The van der Waals surface area contributed by atoms with E-state index in [-0.39, 0.29) is 17.7 Å². The van der Waals surface area contributed by atoms with Crippen molar-refractivity contribution in [3.63, 3.8) is 0 Å². The summed E-state index contributed by atoms with van der Waals surface area (Å²) in [6.07, 6.45) is 10.6. The van der Waals surface area contributed by atoms with Crippen LogP contribution in [0.5, 0.6) is 0 Å². The summed E-state index contributed by atoms with van der Waals surface area (Å²) in [5.41, 5.74) is 7.74. The maximum absolute atomic E-state index is 12.7. The van der Waals surface area contributed by atoms with Crippen molar-refractivity contribution < 1.29 is 19.5 Å². The van der Waals surface area contributed by atoms with Gasteiger partial charge in [-0.3, -0.25) is 14.4 Å². The maximum atomic E-state index is 12.7. The lowest BCUT2D eigenvalue weighted by Crippen LogP contribution is -2.51. The molecule has 3 atom stereocenters. The third-order valence-electron chi connectivity index (χ3n) is 5.95. The van der Waals surface area contributed by atoms with E-state index < -0.39 is 17.9 Å². The fourth-order valence-corrected chi connectivity index (χ4v) is 4.06. The molecule has 29 heavy (non-hydrogen) atoms. The molecule has 1 aromatic carbocycles. The number of unbranched alkanes of at least 4 members (excludes halogenated alkanes) is 4. The lowest BCUT2D eigenvalue weighted by atomic mass is 9.93. The first kappa shape index (κ1) is 21.1. The second-order valence-electron chi connectivity index (χ2n) is 8.14. The number of nitrogens with zero attached hydrogens (tertiary/aromatic N) is 1. The molecule has 6 nitrogen and oxygen atoms in total. The van der Waals surface area contributed by atoms with E-state index >= 15 is 0 Å². The molecule has 0 bridgehead atoms. The number of aliphatic carboxylic acids is 1. The van der Waals surface area contributed by atoms with Crippen LogP contribution in [0.15, 0.2) is 36.4 Å². The summed E-state index contributed by atoms with van der Waals surface area (Å²) in [4.78, 5) is 37.0. The Balaban J connectivity index is 1.35. The highest BCUT2D eigenvalue weighted by atomic mass is 16.4. The molecule has 2 amide bonds. The maximum Gasteiger partial charge on any atom is 0.307 e. The van der Waals surface area contributed by atoms with Crippen molar-refractivity contribution in [2.45, 2.75) is 64.0 Å². The van der Waals surface area contributed by atoms with Crippen molar-refractivity contribution in [2.75, 3.05) is 0 Å². The van der Waals surface area contributed by atoms with Crippen molar-refractivity contribution in [1.29, 1.82) is 0 Å². The monoisotopic (exact) mass is 398 g/mol. The van der Waals surface area contributed by atoms with Crippen molar-refractivity contribution in [3.05, 3.63) is 47.5 Å². The molecule has 0 spiro atoms. The Morgan fingerprint density at radius 3 is 2.52 bits per heavy atom. The van der Waals surface area contributed by atoms with Crippen molar-refractivity contribution in [2.24, 2.45) is 17.6 Å². The van der Waals surface area contributed by atoms with E-state index in [1.165, 1.54) is 0 Å². The van der Waals surface area contributed by atoms with E-state index in [1.807, 2.05) is 30.3 Å². The molecular weight excluding hydrogens is 368 g/mol. The lowest BCUT2D eigenvalue weighted by molar-refractivity contribution is -0.140. The Morgan fingerprint density at radius 2 is 1.83 bits per heavy atom. The van der Waals surface area contributed by atoms with E-state index in [2.05, 4.69) is 6.08 Å². The Labute approximate surface area is 171 Å². The summed E-state index contributed by atoms with van der Waals surface area (Å²) in [5, 5.41) is 8.87.